The first-order valence-corrected chi connectivity index (χ1v) is 10.3. The van der Waals surface area contributed by atoms with E-state index in [1.54, 1.807) is 22.1 Å². The van der Waals surface area contributed by atoms with Crippen LogP contribution in [0.2, 0.25) is 0 Å². The number of fused-ring (bicyclic) bond motifs is 1. The van der Waals surface area contributed by atoms with Gasteiger partial charge in [-0.3, -0.25) is 0 Å². The van der Waals surface area contributed by atoms with Gasteiger partial charge in [0.2, 0.25) is 10.0 Å². The van der Waals surface area contributed by atoms with Gasteiger partial charge in [0.05, 0.1) is 10.3 Å². The third kappa shape index (κ3) is 2.62. The van der Waals surface area contributed by atoms with Gasteiger partial charge in [-0.15, -0.1) is 11.8 Å². The molecule has 0 N–H and O–H groups in total. The molecule has 3 aromatic rings. The van der Waals surface area contributed by atoms with E-state index in [1.165, 1.54) is 0 Å². The molecule has 3 aromatic carbocycles. The van der Waals surface area contributed by atoms with E-state index in [-0.39, 0.29) is 5.37 Å². The summed E-state index contributed by atoms with van der Waals surface area (Å²) < 4.78 is 28.3. The molecule has 1 aliphatic heterocycles. The molecule has 1 aliphatic rings. The molecular weight excluding hydrogens is 338 g/mol. The summed E-state index contributed by atoms with van der Waals surface area (Å²) in [4.78, 5) is 0.393. The molecule has 0 unspecified atom stereocenters. The maximum absolute atomic E-state index is 13.3. The van der Waals surface area contributed by atoms with Crippen molar-refractivity contribution in [3.05, 3.63) is 78.4 Å². The third-order valence-electron chi connectivity index (χ3n) is 4.27. The summed E-state index contributed by atoms with van der Waals surface area (Å²) in [5, 5.41) is 1.57. The fourth-order valence-corrected chi connectivity index (χ4v) is 6.59. The van der Waals surface area contributed by atoms with Crippen molar-refractivity contribution >= 4 is 32.6 Å². The highest BCUT2D eigenvalue weighted by molar-refractivity contribution is 8.01. The van der Waals surface area contributed by atoms with E-state index in [9.17, 15) is 8.42 Å². The summed E-state index contributed by atoms with van der Waals surface area (Å²) in [5.74, 6) is 0.809. The Morgan fingerprint density at radius 1 is 0.875 bits per heavy atom. The summed E-state index contributed by atoms with van der Waals surface area (Å²) in [6.07, 6.45) is 0. The lowest BCUT2D eigenvalue weighted by Crippen LogP contribution is -2.30. The molecule has 4 rings (SSSR count). The highest BCUT2D eigenvalue weighted by atomic mass is 32.2. The standard InChI is InChI=1S/C19H17NO2S2/c21-24(22,18-12-6-10-15-7-4-5-11-17(15)18)20-13-14-23-19(20)16-8-2-1-3-9-16/h1-12,19H,13-14H2/t19-/m1/s1. The number of thioether (sulfide) groups is 1. The molecule has 0 spiro atoms. The minimum Gasteiger partial charge on any atom is -0.207 e. The van der Waals surface area contributed by atoms with Crippen LogP contribution in [0.15, 0.2) is 77.7 Å². The van der Waals surface area contributed by atoms with Crippen molar-refractivity contribution in [3.8, 4) is 0 Å². The molecule has 0 radical (unpaired) electrons. The Morgan fingerprint density at radius 3 is 2.42 bits per heavy atom. The average molecular weight is 355 g/mol. The van der Waals surface area contributed by atoms with Crippen LogP contribution in [-0.4, -0.2) is 25.0 Å². The van der Waals surface area contributed by atoms with Crippen molar-refractivity contribution in [2.24, 2.45) is 0 Å². The van der Waals surface area contributed by atoms with Crippen LogP contribution in [0, 0.1) is 0 Å². The Hall–Kier alpha value is -1.82. The molecule has 1 fully saturated rings. The number of rotatable bonds is 3. The lowest BCUT2D eigenvalue weighted by molar-refractivity contribution is 0.435. The number of hydrogen-bond acceptors (Lipinski definition) is 3. The van der Waals surface area contributed by atoms with Crippen molar-refractivity contribution in [1.29, 1.82) is 0 Å². The van der Waals surface area contributed by atoms with Gasteiger partial charge in [0.15, 0.2) is 0 Å². The summed E-state index contributed by atoms with van der Waals surface area (Å²) in [6, 6.07) is 23.0. The van der Waals surface area contributed by atoms with Crippen LogP contribution in [0.5, 0.6) is 0 Å². The second-order valence-electron chi connectivity index (χ2n) is 5.73. The first-order chi connectivity index (χ1) is 11.7. The minimum atomic E-state index is -3.55. The number of nitrogens with zero attached hydrogens (tertiary/aromatic N) is 1. The number of sulfonamides is 1. The Morgan fingerprint density at radius 2 is 1.58 bits per heavy atom. The number of hydrogen-bond donors (Lipinski definition) is 0. The highest BCUT2D eigenvalue weighted by Crippen LogP contribution is 2.42. The van der Waals surface area contributed by atoms with Gasteiger partial charge in [0, 0.05) is 17.7 Å². The van der Waals surface area contributed by atoms with Crippen LogP contribution in [0.1, 0.15) is 10.9 Å². The third-order valence-corrected chi connectivity index (χ3v) is 7.59. The van der Waals surface area contributed by atoms with Gasteiger partial charge in [0.1, 0.15) is 0 Å². The van der Waals surface area contributed by atoms with Crippen molar-refractivity contribution in [3.63, 3.8) is 0 Å². The Balaban J connectivity index is 1.82. The summed E-state index contributed by atoms with van der Waals surface area (Å²) in [6.45, 7) is 0.537. The zero-order valence-corrected chi connectivity index (χ0v) is 14.6. The van der Waals surface area contributed by atoms with E-state index in [4.69, 9.17) is 0 Å². The van der Waals surface area contributed by atoms with E-state index in [2.05, 4.69) is 0 Å². The van der Waals surface area contributed by atoms with Crippen LogP contribution in [0.25, 0.3) is 10.8 Å². The van der Waals surface area contributed by atoms with Gasteiger partial charge < -0.3 is 0 Å². The predicted octanol–water partition coefficient (Wildman–Crippen LogP) is 4.28. The fourth-order valence-electron chi connectivity index (χ4n) is 3.13. The molecule has 0 aromatic heterocycles. The quantitative estimate of drug-likeness (QED) is 0.704. The SMILES string of the molecule is O=S(=O)(c1cccc2ccccc12)N1CCS[C@@H]1c1ccccc1. The lowest BCUT2D eigenvalue weighted by atomic mass is 10.1. The van der Waals surface area contributed by atoms with E-state index in [0.717, 1.165) is 22.1 Å². The number of benzene rings is 3. The summed E-state index contributed by atoms with van der Waals surface area (Å²) in [7, 11) is -3.55. The molecule has 0 saturated carbocycles. The maximum Gasteiger partial charge on any atom is 0.245 e. The molecule has 24 heavy (non-hydrogen) atoms. The molecule has 5 heteroatoms. The van der Waals surface area contributed by atoms with Crippen LogP contribution in [0.3, 0.4) is 0 Å². The van der Waals surface area contributed by atoms with E-state index in [0.29, 0.717) is 11.4 Å². The molecular formula is C19H17NO2S2. The molecule has 0 aliphatic carbocycles. The minimum absolute atomic E-state index is 0.157. The van der Waals surface area contributed by atoms with Crippen molar-refractivity contribution in [1.82, 2.24) is 4.31 Å². The van der Waals surface area contributed by atoms with Gasteiger partial charge >= 0.3 is 0 Å². The van der Waals surface area contributed by atoms with Crippen molar-refractivity contribution in [2.45, 2.75) is 10.3 Å². The predicted molar refractivity (Wildman–Crippen MR) is 99.5 cm³/mol. The molecule has 122 valence electrons. The zero-order valence-electron chi connectivity index (χ0n) is 13.0. The van der Waals surface area contributed by atoms with Gasteiger partial charge in [-0.1, -0.05) is 66.7 Å². The second-order valence-corrected chi connectivity index (χ2v) is 8.77. The van der Waals surface area contributed by atoms with Crippen molar-refractivity contribution < 1.29 is 8.42 Å². The van der Waals surface area contributed by atoms with E-state index < -0.39 is 10.0 Å². The smallest absolute Gasteiger partial charge is 0.207 e. The molecule has 1 saturated heterocycles. The average Bonchev–Trinajstić information content (AvgIpc) is 3.12. The molecule has 1 atom stereocenters. The maximum atomic E-state index is 13.3. The Labute approximate surface area is 146 Å². The fraction of sp³-hybridized carbons (Fsp3) is 0.158. The first kappa shape index (κ1) is 15.7. The van der Waals surface area contributed by atoms with Crippen LogP contribution in [0.4, 0.5) is 0 Å². The Bertz CT molecular complexity index is 966. The molecule has 0 bridgehead atoms. The second kappa shape index (κ2) is 6.24. The summed E-state index contributed by atoms with van der Waals surface area (Å²) >= 11 is 1.68. The monoisotopic (exact) mass is 355 g/mol. The van der Waals surface area contributed by atoms with Crippen LogP contribution < -0.4 is 0 Å². The van der Waals surface area contributed by atoms with Gasteiger partial charge in [-0.25, -0.2) is 8.42 Å². The largest absolute Gasteiger partial charge is 0.245 e. The van der Waals surface area contributed by atoms with Gasteiger partial charge in [-0.2, -0.15) is 4.31 Å². The van der Waals surface area contributed by atoms with Gasteiger partial charge in [-0.05, 0) is 17.0 Å². The zero-order chi connectivity index (χ0) is 16.6. The molecule has 0 amide bonds. The van der Waals surface area contributed by atoms with E-state index >= 15 is 0 Å². The van der Waals surface area contributed by atoms with Crippen LogP contribution >= 0.6 is 11.8 Å². The normalized spacial score (nSPS) is 18.9. The highest BCUT2D eigenvalue weighted by Gasteiger charge is 2.37. The molecule has 1 heterocycles. The topological polar surface area (TPSA) is 37.4 Å². The van der Waals surface area contributed by atoms with E-state index in [1.807, 2.05) is 66.7 Å². The van der Waals surface area contributed by atoms with Gasteiger partial charge in [0.25, 0.3) is 0 Å². The molecule has 3 nitrogen and oxygen atoms in total. The summed E-state index contributed by atoms with van der Waals surface area (Å²) in [5.41, 5.74) is 1.03. The first-order valence-electron chi connectivity index (χ1n) is 7.84. The van der Waals surface area contributed by atoms with Crippen LogP contribution in [-0.2, 0) is 10.0 Å². The van der Waals surface area contributed by atoms with Crippen molar-refractivity contribution in [2.75, 3.05) is 12.3 Å². The lowest BCUT2D eigenvalue weighted by Gasteiger charge is -2.24. The Kier molecular flexibility index (Phi) is 4.08.